The summed E-state index contributed by atoms with van der Waals surface area (Å²) in [5, 5.41) is 3.50. The van der Waals surface area contributed by atoms with Crippen LogP contribution in [0, 0.1) is 5.92 Å². The van der Waals surface area contributed by atoms with Crippen LogP contribution >= 0.6 is 24.0 Å². The molecule has 0 saturated carbocycles. The van der Waals surface area contributed by atoms with E-state index in [9.17, 15) is 0 Å². The van der Waals surface area contributed by atoms with Gasteiger partial charge in [0.05, 0.1) is 6.61 Å². The van der Waals surface area contributed by atoms with Gasteiger partial charge in [-0.2, -0.15) is 0 Å². The number of hydrogen-bond donors (Lipinski definition) is 1. The molecule has 0 aliphatic carbocycles. The molecule has 2 rings (SSSR count). The number of rotatable bonds is 8. The van der Waals surface area contributed by atoms with Gasteiger partial charge in [0, 0.05) is 46.3 Å². The number of guanidine groups is 1. The lowest BCUT2D eigenvalue weighted by Crippen LogP contribution is -2.39. The van der Waals surface area contributed by atoms with E-state index in [1.54, 1.807) is 7.11 Å². The average Bonchev–Trinajstić information content (AvgIpc) is 3.10. The van der Waals surface area contributed by atoms with Gasteiger partial charge in [0.15, 0.2) is 5.96 Å². The molecular weight excluding hydrogens is 439 g/mol. The third kappa shape index (κ3) is 7.04. The van der Waals surface area contributed by atoms with Crippen LogP contribution in [0.15, 0.2) is 29.3 Å². The van der Waals surface area contributed by atoms with Crippen LogP contribution in [0.2, 0.25) is 0 Å². The van der Waals surface area contributed by atoms with Crippen molar-refractivity contribution in [3.05, 3.63) is 35.4 Å². The predicted octanol–water partition coefficient (Wildman–Crippen LogP) is 3.19. The number of aliphatic imine (C=N–C) groups is 1. The van der Waals surface area contributed by atoms with Crippen LogP contribution in [0.4, 0.5) is 0 Å². The molecule has 1 aromatic carbocycles. The molecule has 0 aromatic heterocycles. The predicted molar refractivity (Wildman–Crippen MR) is 120 cm³/mol. The van der Waals surface area contributed by atoms with Gasteiger partial charge in [-0.3, -0.25) is 9.89 Å². The fraction of sp³-hybridized carbons (Fsp3) is 0.650. The van der Waals surface area contributed by atoms with E-state index in [0.717, 1.165) is 51.8 Å². The molecule has 1 saturated heterocycles. The molecule has 0 radical (unpaired) electrons. The minimum absolute atomic E-state index is 0. The summed E-state index contributed by atoms with van der Waals surface area (Å²) in [6, 6.07) is 8.92. The Morgan fingerprint density at radius 2 is 1.88 bits per heavy atom. The lowest BCUT2D eigenvalue weighted by atomic mass is 10.1. The van der Waals surface area contributed by atoms with Crippen molar-refractivity contribution in [1.29, 1.82) is 0 Å². The summed E-state index contributed by atoms with van der Waals surface area (Å²) in [6.45, 7) is 11.4. The number of ether oxygens (including phenoxy) is 1. The van der Waals surface area contributed by atoms with Gasteiger partial charge in [-0.05, 0) is 30.6 Å². The first kappa shape index (κ1) is 23.2. The summed E-state index contributed by atoms with van der Waals surface area (Å²) in [7, 11) is 3.64. The van der Waals surface area contributed by atoms with E-state index in [1.807, 2.05) is 7.05 Å². The number of halogens is 1. The monoisotopic (exact) mass is 474 g/mol. The van der Waals surface area contributed by atoms with Crippen molar-refractivity contribution in [3.63, 3.8) is 0 Å². The molecule has 1 aliphatic heterocycles. The SMILES string of the molecule is CCN(CC)Cc1ccc(CNC(=NC)N2CCC(COC)C2)cc1.I. The van der Waals surface area contributed by atoms with Crippen LogP contribution in [0.1, 0.15) is 31.4 Å². The number of benzene rings is 1. The Balaban J connectivity index is 0.00000338. The number of nitrogens with zero attached hydrogens (tertiary/aromatic N) is 3. The Morgan fingerprint density at radius 3 is 2.46 bits per heavy atom. The molecule has 1 heterocycles. The molecule has 1 N–H and O–H groups in total. The highest BCUT2D eigenvalue weighted by Gasteiger charge is 2.24. The van der Waals surface area contributed by atoms with Crippen LogP contribution in [-0.4, -0.2) is 62.7 Å². The number of methoxy groups -OCH3 is 1. The molecule has 1 aliphatic rings. The standard InChI is InChI=1S/C20H34N4O.HI/c1-5-23(6-2)14-18-9-7-17(8-10-18)13-22-20(21-3)24-12-11-19(15-24)16-25-4;/h7-10,19H,5-6,11-16H2,1-4H3,(H,21,22);1H. The molecule has 26 heavy (non-hydrogen) atoms. The maximum Gasteiger partial charge on any atom is 0.193 e. The molecular formula is C20H35IN4O. The second kappa shape index (κ2) is 12.5. The van der Waals surface area contributed by atoms with Gasteiger partial charge in [-0.15, -0.1) is 24.0 Å². The normalized spacial score (nSPS) is 17.5. The quantitative estimate of drug-likeness (QED) is 0.357. The van der Waals surface area contributed by atoms with Gasteiger partial charge < -0.3 is 15.0 Å². The Hall–Kier alpha value is -0.860. The number of likely N-dealkylation sites (tertiary alicyclic amines) is 1. The Kier molecular flexibility index (Phi) is 11.2. The van der Waals surface area contributed by atoms with E-state index in [-0.39, 0.29) is 24.0 Å². The van der Waals surface area contributed by atoms with Crippen molar-refractivity contribution in [2.45, 2.75) is 33.4 Å². The molecule has 0 spiro atoms. The summed E-state index contributed by atoms with van der Waals surface area (Å²) in [5.74, 6) is 1.61. The molecule has 1 atom stereocenters. The van der Waals surface area contributed by atoms with Gasteiger partial charge in [0.2, 0.25) is 0 Å². The summed E-state index contributed by atoms with van der Waals surface area (Å²) in [4.78, 5) is 9.20. The van der Waals surface area contributed by atoms with Crippen molar-refractivity contribution in [3.8, 4) is 0 Å². The first-order valence-electron chi connectivity index (χ1n) is 9.44. The minimum atomic E-state index is 0. The highest BCUT2D eigenvalue weighted by atomic mass is 127. The molecule has 6 heteroatoms. The van der Waals surface area contributed by atoms with Crippen molar-refractivity contribution >= 4 is 29.9 Å². The maximum atomic E-state index is 5.28. The molecule has 148 valence electrons. The Morgan fingerprint density at radius 1 is 1.23 bits per heavy atom. The summed E-state index contributed by atoms with van der Waals surface area (Å²) < 4.78 is 5.28. The van der Waals surface area contributed by atoms with Gasteiger partial charge in [-0.1, -0.05) is 38.1 Å². The van der Waals surface area contributed by atoms with Crippen LogP contribution < -0.4 is 5.32 Å². The van der Waals surface area contributed by atoms with Gasteiger partial charge >= 0.3 is 0 Å². The fourth-order valence-electron chi connectivity index (χ4n) is 3.38. The fourth-order valence-corrected chi connectivity index (χ4v) is 3.38. The van der Waals surface area contributed by atoms with E-state index in [0.29, 0.717) is 5.92 Å². The smallest absolute Gasteiger partial charge is 0.193 e. The summed E-state index contributed by atoms with van der Waals surface area (Å²) >= 11 is 0. The van der Waals surface area contributed by atoms with Crippen LogP contribution in [0.25, 0.3) is 0 Å². The van der Waals surface area contributed by atoms with Crippen molar-refractivity contribution < 1.29 is 4.74 Å². The second-order valence-electron chi connectivity index (χ2n) is 6.73. The Labute approximate surface area is 176 Å². The van der Waals surface area contributed by atoms with Gasteiger partial charge in [-0.25, -0.2) is 0 Å². The van der Waals surface area contributed by atoms with Crippen LogP contribution in [0.5, 0.6) is 0 Å². The lowest BCUT2D eigenvalue weighted by molar-refractivity contribution is 0.157. The van der Waals surface area contributed by atoms with Crippen molar-refractivity contribution in [2.24, 2.45) is 10.9 Å². The molecule has 1 aromatic rings. The highest BCUT2D eigenvalue weighted by molar-refractivity contribution is 14.0. The zero-order valence-electron chi connectivity index (χ0n) is 16.7. The molecule has 0 amide bonds. The van der Waals surface area contributed by atoms with Gasteiger partial charge in [0.25, 0.3) is 0 Å². The summed E-state index contributed by atoms with van der Waals surface area (Å²) in [6.07, 6.45) is 1.18. The first-order valence-corrected chi connectivity index (χ1v) is 9.44. The maximum absolute atomic E-state index is 5.28. The zero-order valence-corrected chi connectivity index (χ0v) is 19.0. The van der Waals surface area contributed by atoms with Crippen LogP contribution in [0.3, 0.4) is 0 Å². The third-order valence-corrected chi connectivity index (χ3v) is 4.97. The number of hydrogen-bond acceptors (Lipinski definition) is 3. The van der Waals surface area contributed by atoms with Gasteiger partial charge in [0.1, 0.15) is 0 Å². The molecule has 1 unspecified atom stereocenters. The van der Waals surface area contributed by atoms with Crippen LogP contribution in [-0.2, 0) is 17.8 Å². The van der Waals surface area contributed by atoms with Crippen molar-refractivity contribution in [2.75, 3.05) is 46.9 Å². The summed E-state index contributed by atoms with van der Waals surface area (Å²) in [5.41, 5.74) is 2.66. The average molecular weight is 474 g/mol. The number of nitrogens with one attached hydrogen (secondary N) is 1. The lowest BCUT2D eigenvalue weighted by Gasteiger charge is -2.22. The van der Waals surface area contributed by atoms with Crippen molar-refractivity contribution in [1.82, 2.24) is 15.1 Å². The van der Waals surface area contributed by atoms with E-state index in [1.165, 1.54) is 17.5 Å². The third-order valence-electron chi connectivity index (χ3n) is 4.97. The molecule has 1 fully saturated rings. The zero-order chi connectivity index (χ0) is 18.1. The largest absolute Gasteiger partial charge is 0.384 e. The second-order valence-corrected chi connectivity index (χ2v) is 6.73. The molecule has 0 bridgehead atoms. The van der Waals surface area contributed by atoms with E-state index in [2.05, 4.69) is 58.2 Å². The topological polar surface area (TPSA) is 40.1 Å². The van der Waals surface area contributed by atoms with E-state index >= 15 is 0 Å². The van der Waals surface area contributed by atoms with E-state index < -0.39 is 0 Å². The van der Waals surface area contributed by atoms with E-state index in [4.69, 9.17) is 4.74 Å². The Bertz CT molecular complexity index is 531. The minimum Gasteiger partial charge on any atom is -0.384 e. The highest BCUT2D eigenvalue weighted by Crippen LogP contribution is 2.16. The molecule has 5 nitrogen and oxygen atoms in total. The first-order chi connectivity index (χ1) is 12.2.